The van der Waals surface area contributed by atoms with Crippen molar-refractivity contribution in [1.82, 2.24) is 20.1 Å². The van der Waals surface area contributed by atoms with E-state index in [0.717, 1.165) is 18.2 Å². The van der Waals surface area contributed by atoms with Crippen LogP contribution in [0.4, 0.5) is 18.0 Å². The van der Waals surface area contributed by atoms with Gasteiger partial charge in [-0.2, -0.15) is 13.2 Å². The van der Waals surface area contributed by atoms with E-state index in [4.69, 9.17) is 0 Å². The predicted molar refractivity (Wildman–Crippen MR) is 125 cm³/mol. The lowest BCUT2D eigenvalue weighted by Gasteiger charge is -2.41. The second-order valence-electron chi connectivity index (χ2n) is 9.43. The monoisotopic (exact) mass is 488 g/mol. The Morgan fingerprint density at radius 2 is 1.89 bits per heavy atom. The molecule has 1 N–H and O–H groups in total. The molecule has 2 fully saturated rings. The van der Waals surface area contributed by atoms with Crippen LogP contribution in [0.15, 0.2) is 48.7 Å². The maximum absolute atomic E-state index is 13.6. The summed E-state index contributed by atoms with van der Waals surface area (Å²) < 4.78 is 39.1. The van der Waals surface area contributed by atoms with Crippen molar-refractivity contribution in [3.8, 4) is 0 Å². The average molecular weight is 489 g/mol. The van der Waals surface area contributed by atoms with Crippen LogP contribution in [0.1, 0.15) is 49.4 Å². The average Bonchev–Trinajstić information content (AvgIpc) is 3.08. The van der Waals surface area contributed by atoms with E-state index in [1.54, 1.807) is 12.3 Å². The van der Waals surface area contributed by atoms with Gasteiger partial charge in [-0.3, -0.25) is 19.6 Å². The zero-order valence-electron chi connectivity index (χ0n) is 19.9. The largest absolute Gasteiger partial charge is 0.416 e. The summed E-state index contributed by atoms with van der Waals surface area (Å²) in [5, 5.41) is 3.04. The molecule has 0 bridgehead atoms. The van der Waals surface area contributed by atoms with E-state index < -0.39 is 17.3 Å². The van der Waals surface area contributed by atoms with E-state index >= 15 is 0 Å². The lowest BCUT2D eigenvalue weighted by Crippen LogP contribution is -2.56. The van der Waals surface area contributed by atoms with Gasteiger partial charge in [0.25, 0.3) is 5.91 Å². The van der Waals surface area contributed by atoms with Gasteiger partial charge in [0.05, 0.1) is 5.56 Å². The molecule has 0 aliphatic carbocycles. The fourth-order valence-electron chi connectivity index (χ4n) is 5.35. The lowest BCUT2D eigenvalue weighted by atomic mass is 9.74. The molecule has 3 amide bonds. The topological polar surface area (TPSA) is 65.5 Å². The van der Waals surface area contributed by atoms with Crippen LogP contribution in [0, 0.1) is 5.92 Å². The maximum atomic E-state index is 13.6. The number of rotatable bonds is 8. The molecule has 6 nitrogen and oxygen atoms in total. The summed E-state index contributed by atoms with van der Waals surface area (Å²) in [5.74, 6) is -0.187. The molecule has 0 spiro atoms. The van der Waals surface area contributed by atoms with Gasteiger partial charge in [0.15, 0.2) is 0 Å². The number of carbonyl (C=O) groups excluding carboxylic acids is 2. The SMILES string of the molecule is CCC[C@]1(C2CCN(Cc3cccc(C(F)(F)F)c3)CC2)NC(=O)N(CCc2ccccn2)C1=O. The van der Waals surface area contributed by atoms with E-state index in [-0.39, 0.29) is 24.4 Å². The molecule has 9 heteroatoms. The highest BCUT2D eigenvalue weighted by atomic mass is 19.4. The molecule has 2 saturated heterocycles. The van der Waals surface area contributed by atoms with Gasteiger partial charge in [0.2, 0.25) is 0 Å². The van der Waals surface area contributed by atoms with Crippen LogP contribution in [0.5, 0.6) is 0 Å². The van der Waals surface area contributed by atoms with E-state index in [9.17, 15) is 22.8 Å². The van der Waals surface area contributed by atoms with Crippen LogP contribution in [0.3, 0.4) is 0 Å². The number of alkyl halides is 3. The van der Waals surface area contributed by atoms with Crippen molar-refractivity contribution in [2.75, 3.05) is 19.6 Å². The summed E-state index contributed by atoms with van der Waals surface area (Å²) in [7, 11) is 0. The first-order valence-corrected chi connectivity index (χ1v) is 12.2. The Labute approximate surface area is 203 Å². The number of amides is 3. The van der Waals surface area contributed by atoms with Crippen molar-refractivity contribution >= 4 is 11.9 Å². The third-order valence-corrected chi connectivity index (χ3v) is 7.11. The predicted octanol–water partition coefficient (Wildman–Crippen LogP) is 4.65. The summed E-state index contributed by atoms with van der Waals surface area (Å²) >= 11 is 0. The number of imide groups is 1. The number of nitrogens with one attached hydrogen (secondary N) is 1. The third-order valence-electron chi connectivity index (χ3n) is 7.11. The van der Waals surface area contributed by atoms with Crippen molar-refractivity contribution in [2.24, 2.45) is 5.92 Å². The molecule has 0 unspecified atom stereocenters. The second kappa shape index (κ2) is 10.4. The Hall–Kier alpha value is -2.94. The maximum Gasteiger partial charge on any atom is 0.416 e. The molecule has 0 radical (unpaired) electrons. The number of benzene rings is 1. The Morgan fingerprint density at radius 3 is 2.54 bits per heavy atom. The van der Waals surface area contributed by atoms with Gasteiger partial charge < -0.3 is 5.32 Å². The van der Waals surface area contributed by atoms with E-state index in [1.165, 1.54) is 17.0 Å². The summed E-state index contributed by atoms with van der Waals surface area (Å²) in [4.78, 5) is 34.1. The Kier molecular flexibility index (Phi) is 7.44. The Bertz CT molecular complexity index is 1040. The molecule has 35 heavy (non-hydrogen) atoms. The Balaban J connectivity index is 1.40. The normalized spacial score (nSPS) is 22.0. The summed E-state index contributed by atoms with van der Waals surface area (Å²) in [6.45, 7) is 4.02. The van der Waals surface area contributed by atoms with Crippen molar-refractivity contribution in [2.45, 2.75) is 57.3 Å². The zero-order chi connectivity index (χ0) is 25.1. The highest BCUT2D eigenvalue weighted by molar-refractivity contribution is 6.07. The molecule has 1 atom stereocenters. The standard InChI is InChI=1S/C26H31F3N4O2/c1-2-12-25(23(34)33(24(35)31-25)16-11-22-8-3-4-13-30-22)20-9-14-32(15-10-20)18-19-6-5-7-21(17-19)26(27,28)29/h3-8,13,17,20H,2,9-12,14-16,18H2,1H3,(H,31,35)/t25-/m1/s1. The van der Waals surface area contributed by atoms with Crippen molar-refractivity contribution in [3.63, 3.8) is 0 Å². The fourth-order valence-corrected chi connectivity index (χ4v) is 5.35. The number of likely N-dealkylation sites (tertiary alicyclic amines) is 1. The number of halogens is 3. The number of nitrogens with zero attached hydrogens (tertiary/aromatic N) is 3. The third kappa shape index (κ3) is 5.50. The molecule has 0 saturated carbocycles. The van der Waals surface area contributed by atoms with Gasteiger partial charge in [-0.25, -0.2) is 4.79 Å². The van der Waals surface area contributed by atoms with Gasteiger partial charge in [0.1, 0.15) is 5.54 Å². The highest BCUT2D eigenvalue weighted by Gasteiger charge is 2.55. The molecule has 4 rings (SSSR count). The highest BCUT2D eigenvalue weighted by Crippen LogP contribution is 2.37. The second-order valence-corrected chi connectivity index (χ2v) is 9.43. The molecule has 3 heterocycles. The van der Waals surface area contributed by atoms with Gasteiger partial charge in [-0.05, 0) is 62.0 Å². The molecule has 188 valence electrons. The minimum atomic E-state index is -4.36. The van der Waals surface area contributed by atoms with Gasteiger partial charge in [-0.1, -0.05) is 37.6 Å². The van der Waals surface area contributed by atoms with Crippen LogP contribution < -0.4 is 5.32 Å². The molecule has 1 aromatic carbocycles. The van der Waals surface area contributed by atoms with Crippen molar-refractivity contribution in [3.05, 3.63) is 65.5 Å². The number of urea groups is 1. The van der Waals surface area contributed by atoms with Crippen LogP contribution in [-0.2, 0) is 23.9 Å². The zero-order valence-corrected chi connectivity index (χ0v) is 19.9. The van der Waals surface area contributed by atoms with Gasteiger partial charge in [0, 0.05) is 31.4 Å². The van der Waals surface area contributed by atoms with E-state index in [0.29, 0.717) is 50.9 Å². The first-order valence-electron chi connectivity index (χ1n) is 12.2. The van der Waals surface area contributed by atoms with Crippen LogP contribution >= 0.6 is 0 Å². The van der Waals surface area contributed by atoms with E-state index in [2.05, 4.69) is 15.2 Å². The molecule has 2 aliphatic heterocycles. The molecule has 2 aromatic rings. The molecular weight excluding hydrogens is 457 g/mol. The summed E-state index contributed by atoms with van der Waals surface area (Å²) in [5.41, 5.74) is -0.119. The van der Waals surface area contributed by atoms with Crippen molar-refractivity contribution in [1.29, 1.82) is 0 Å². The summed E-state index contributed by atoms with van der Waals surface area (Å²) in [6.07, 6.45) is 0.533. The van der Waals surface area contributed by atoms with Gasteiger partial charge >= 0.3 is 12.2 Å². The van der Waals surface area contributed by atoms with Crippen molar-refractivity contribution < 1.29 is 22.8 Å². The van der Waals surface area contributed by atoms with E-state index in [1.807, 2.05) is 25.1 Å². The molecule has 1 aromatic heterocycles. The molecular formula is C26H31F3N4O2. The van der Waals surface area contributed by atoms with Crippen LogP contribution in [0.25, 0.3) is 0 Å². The number of carbonyl (C=O) groups is 2. The number of hydrogen-bond acceptors (Lipinski definition) is 4. The van der Waals surface area contributed by atoms with Crippen LogP contribution in [-0.4, -0.2) is 51.9 Å². The minimum absolute atomic E-state index is 0.0171. The fraction of sp³-hybridized carbons (Fsp3) is 0.500. The summed E-state index contributed by atoms with van der Waals surface area (Å²) in [6, 6.07) is 10.6. The smallest absolute Gasteiger partial charge is 0.323 e. The minimum Gasteiger partial charge on any atom is -0.323 e. The quantitative estimate of drug-likeness (QED) is 0.550. The number of aromatic nitrogens is 1. The number of hydrogen-bond donors (Lipinski definition) is 1. The first-order chi connectivity index (χ1) is 16.7. The Morgan fingerprint density at radius 1 is 1.11 bits per heavy atom. The number of pyridine rings is 1. The lowest BCUT2D eigenvalue weighted by molar-refractivity contribution is -0.137. The number of piperidine rings is 1. The first kappa shape index (κ1) is 25.2. The van der Waals surface area contributed by atoms with Gasteiger partial charge in [-0.15, -0.1) is 0 Å². The molecule has 2 aliphatic rings. The van der Waals surface area contributed by atoms with Crippen LogP contribution in [0.2, 0.25) is 0 Å².